The zero-order valence-electron chi connectivity index (χ0n) is 14.9. The molecule has 138 valence electrons. The fraction of sp³-hybridized carbons (Fsp3) is 0.238. The third-order valence-corrected chi connectivity index (χ3v) is 5.40. The van der Waals surface area contributed by atoms with Crippen molar-refractivity contribution in [1.82, 2.24) is 10.3 Å². The number of hydrogen-bond donors (Lipinski definition) is 1. The maximum Gasteiger partial charge on any atom is 0.253 e. The zero-order valence-corrected chi connectivity index (χ0v) is 16.5. The monoisotopic (exact) mass is 426 g/mol. The molecule has 1 aliphatic rings. The number of nitrogens with one attached hydrogen (secondary N) is 1. The standard InChI is InChI=1S/C21H19BrN2O3/c1-26-12-16-13-6-4-7-17(22)20(13)23-11-15(16)21(25)24-18-9-10-27-19-8-3-2-5-14(18)19/h2-8,11,18H,9-10,12H2,1H3,(H,24,25). The maximum atomic E-state index is 13.1. The number of methoxy groups -OCH3 is 1. The van der Waals surface area contributed by atoms with Crippen molar-refractivity contribution in [2.24, 2.45) is 0 Å². The second kappa shape index (κ2) is 7.66. The summed E-state index contributed by atoms with van der Waals surface area (Å²) in [6.07, 6.45) is 2.36. The lowest BCUT2D eigenvalue weighted by Crippen LogP contribution is -2.32. The van der Waals surface area contributed by atoms with Crippen molar-refractivity contribution < 1.29 is 14.3 Å². The smallest absolute Gasteiger partial charge is 0.253 e. The van der Waals surface area contributed by atoms with Gasteiger partial charge in [-0.1, -0.05) is 30.3 Å². The average molecular weight is 427 g/mol. The van der Waals surface area contributed by atoms with E-state index in [9.17, 15) is 4.79 Å². The summed E-state index contributed by atoms with van der Waals surface area (Å²) in [5.41, 5.74) is 3.19. The Morgan fingerprint density at radius 3 is 3.00 bits per heavy atom. The number of amides is 1. The van der Waals surface area contributed by atoms with E-state index in [1.165, 1.54) is 0 Å². The Labute approximate surface area is 165 Å². The zero-order chi connectivity index (χ0) is 18.8. The van der Waals surface area contributed by atoms with E-state index in [0.717, 1.165) is 38.7 Å². The number of ether oxygens (including phenoxy) is 2. The van der Waals surface area contributed by atoms with Crippen molar-refractivity contribution in [3.8, 4) is 5.75 Å². The van der Waals surface area contributed by atoms with Crippen LogP contribution in [0, 0.1) is 0 Å². The van der Waals surface area contributed by atoms with Crippen LogP contribution >= 0.6 is 15.9 Å². The molecule has 1 amide bonds. The molecule has 0 bridgehead atoms. The molecule has 0 aliphatic carbocycles. The molecular weight excluding hydrogens is 408 g/mol. The molecule has 1 aromatic heterocycles. The van der Waals surface area contributed by atoms with Gasteiger partial charge in [-0.3, -0.25) is 9.78 Å². The number of pyridine rings is 1. The lowest BCUT2D eigenvalue weighted by Gasteiger charge is -2.27. The number of carbonyl (C=O) groups is 1. The molecule has 1 N–H and O–H groups in total. The van der Waals surface area contributed by atoms with E-state index in [1.807, 2.05) is 42.5 Å². The number of aromatic nitrogens is 1. The van der Waals surface area contributed by atoms with Gasteiger partial charge in [0.15, 0.2) is 0 Å². The summed E-state index contributed by atoms with van der Waals surface area (Å²) >= 11 is 3.52. The number of para-hydroxylation sites is 2. The topological polar surface area (TPSA) is 60.5 Å². The minimum atomic E-state index is -0.155. The second-order valence-corrected chi connectivity index (χ2v) is 7.27. The van der Waals surface area contributed by atoms with Crippen LogP contribution in [0.4, 0.5) is 0 Å². The molecule has 5 nitrogen and oxygen atoms in total. The van der Waals surface area contributed by atoms with Gasteiger partial charge in [0.25, 0.3) is 5.91 Å². The molecule has 6 heteroatoms. The van der Waals surface area contributed by atoms with Crippen LogP contribution in [0.25, 0.3) is 10.9 Å². The van der Waals surface area contributed by atoms with Gasteiger partial charge in [-0.15, -0.1) is 0 Å². The Bertz CT molecular complexity index is 1010. The predicted octanol–water partition coefficient (Wildman–Crippen LogP) is 4.40. The molecule has 0 radical (unpaired) electrons. The highest BCUT2D eigenvalue weighted by Crippen LogP contribution is 2.32. The molecular formula is C21H19BrN2O3. The molecule has 1 aliphatic heterocycles. The Kier molecular flexibility index (Phi) is 5.09. The maximum absolute atomic E-state index is 13.1. The van der Waals surface area contributed by atoms with Crippen molar-refractivity contribution in [3.63, 3.8) is 0 Å². The highest BCUT2D eigenvalue weighted by atomic mass is 79.9. The molecule has 1 unspecified atom stereocenters. The van der Waals surface area contributed by atoms with Crippen LogP contribution in [0.2, 0.25) is 0 Å². The molecule has 27 heavy (non-hydrogen) atoms. The van der Waals surface area contributed by atoms with E-state index < -0.39 is 0 Å². The van der Waals surface area contributed by atoms with Crippen LogP contribution in [0.3, 0.4) is 0 Å². The van der Waals surface area contributed by atoms with E-state index in [4.69, 9.17) is 9.47 Å². The minimum Gasteiger partial charge on any atom is -0.493 e. The third kappa shape index (κ3) is 3.42. The van der Waals surface area contributed by atoms with Gasteiger partial charge >= 0.3 is 0 Å². The quantitative estimate of drug-likeness (QED) is 0.671. The molecule has 4 rings (SSSR count). The molecule has 3 aromatic rings. The average Bonchev–Trinajstić information content (AvgIpc) is 2.69. The van der Waals surface area contributed by atoms with Crippen molar-refractivity contribution in [3.05, 3.63) is 69.8 Å². The van der Waals surface area contributed by atoms with E-state index in [0.29, 0.717) is 18.8 Å². The van der Waals surface area contributed by atoms with Crippen molar-refractivity contribution >= 4 is 32.7 Å². The molecule has 0 saturated heterocycles. The normalized spacial score (nSPS) is 15.9. The number of halogens is 1. The van der Waals surface area contributed by atoms with Gasteiger partial charge in [0.1, 0.15) is 5.75 Å². The summed E-state index contributed by atoms with van der Waals surface area (Å²) in [6, 6.07) is 13.6. The number of rotatable bonds is 4. The third-order valence-electron chi connectivity index (χ3n) is 4.76. The SMILES string of the molecule is COCc1c(C(=O)NC2CCOc3ccccc32)cnc2c(Br)cccc12. The predicted molar refractivity (Wildman–Crippen MR) is 107 cm³/mol. The Morgan fingerprint density at radius 2 is 2.15 bits per heavy atom. The van der Waals surface area contributed by atoms with Crippen LogP contribution in [0.1, 0.15) is 33.9 Å². The summed E-state index contributed by atoms with van der Waals surface area (Å²) in [4.78, 5) is 17.6. The van der Waals surface area contributed by atoms with Gasteiger partial charge in [-0.2, -0.15) is 0 Å². The van der Waals surface area contributed by atoms with Crippen LogP contribution in [0.5, 0.6) is 5.75 Å². The minimum absolute atomic E-state index is 0.0870. The number of benzene rings is 2. The molecule has 0 spiro atoms. The summed E-state index contributed by atoms with van der Waals surface area (Å²) in [6.45, 7) is 0.915. The number of nitrogens with zero attached hydrogens (tertiary/aromatic N) is 1. The molecule has 0 fully saturated rings. The highest BCUT2D eigenvalue weighted by Gasteiger charge is 2.25. The first-order valence-electron chi connectivity index (χ1n) is 8.76. The van der Waals surface area contributed by atoms with Gasteiger partial charge in [0, 0.05) is 40.7 Å². The first-order chi connectivity index (χ1) is 13.2. The first kappa shape index (κ1) is 17.9. The number of carbonyl (C=O) groups excluding carboxylic acids is 1. The van der Waals surface area contributed by atoms with Crippen molar-refractivity contribution in [2.75, 3.05) is 13.7 Å². The van der Waals surface area contributed by atoms with Crippen molar-refractivity contribution in [1.29, 1.82) is 0 Å². The molecule has 0 saturated carbocycles. The fourth-order valence-electron chi connectivity index (χ4n) is 3.47. The van der Waals surface area contributed by atoms with E-state index in [-0.39, 0.29) is 11.9 Å². The van der Waals surface area contributed by atoms with Crippen molar-refractivity contribution in [2.45, 2.75) is 19.1 Å². The van der Waals surface area contributed by atoms with E-state index >= 15 is 0 Å². The molecule has 2 heterocycles. The molecule has 1 atom stereocenters. The number of fused-ring (bicyclic) bond motifs is 2. The van der Waals surface area contributed by atoms with Gasteiger partial charge in [0.05, 0.1) is 30.3 Å². The number of hydrogen-bond acceptors (Lipinski definition) is 4. The Hall–Kier alpha value is -2.44. The summed E-state index contributed by atoms with van der Waals surface area (Å²) in [5.74, 6) is 0.671. The van der Waals surface area contributed by atoms with Crippen LogP contribution < -0.4 is 10.1 Å². The van der Waals surface area contributed by atoms with Crippen LogP contribution in [-0.2, 0) is 11.3 Å². The highest BCUT2D eigenvalue weighted by molar-refractivity contribution is 9.10. The van der Waals surface area contributed by atoms with Crippen LogP contribution in [-0.4, -0.2) is 24.6 Å². The summed E-state index contributed by atoms with van der Waals surface area (Å²) < 4.78 is 11.9. The lowest BCUT2D eigenvalue weighted by atomic mass is 9.99. The summed E-state index contributed by atoms with van der Waals surface area (Å²) in [5, 5.41) is 4.05. The Morgan fingerprint density at radius 1 is 1.30 bits per heavy atom. The van der Waals surface area contributed by atoms with Gasteiger partial charge in [-0.25, -0.2) is 0 Å². The van der Waals surface area contributed by atoms with Gasteiger partial charge in [-0.05, 0) is 28.1 Å². The summed E-state index contributed by atoms with van der Waals surface area (Å²) in [7, 11) is 1.63. The van der Waals surface area contributed by atoms with E-state index in [2.05, 4.69) is 26.2 Å². The first-order valence-corrected chi connectivity index (χ1v) is 9.56. The fourth-order valence-corrected chi connectivity index (χ4v) is 3.93. The van der Waals surface area contributed by atoms with Gasteiger partial charge in [0.2, 0.25) is 0 Å². The Balaban J connectivity index is 1.70. The second-order valence-electron chi connectivity index (χ2n) is 6.42. The largest absolute Gasteiger partial charge is 0.493 e. The van der Waals surface area contributed by atoms with Gasteiger partial charge < -0.3 is 14.8 Å². The molecule has 2 aromatic carbocycles. The van der Waals surface area contributed by atoms with E-state index in [1.54, 1.807) is 13.3 Å². The van der Waals surface area contributed by atoms with Crippen LogP contribution in [0.15, 0.2) is 53.1 Å². The lowest BCUT2D eigenvalue weighted by molar-refractivity contribution is 0.0920.